The third-order valence-electron chi connectivity index (χ3n) is 5.30. The summed E-state index contributed by atoms with van der Waals surface area (Å²) >= 11 is 0. The Kier molecular flexibility index (Phi) is 5.19. The smallest absolute Gasteiger partial charge is 0.272 e. The van der Waals surface area contributed by atoms with Crippen molar-refractivity contribution in [2.45, 2.75) is 51.6 Å². The second-order valence-corrected chi connectivity index (χ2v) is 7.44. The molecule has 1 aliphatic carbocycles. The molecule has 1 aliphatic rings. The van der Waals surface area contributed by atoms with Crippen LogP contribution in [0.4, 0.5) is 0 Å². The molecule has 28 heavy (non-hydrogen) atoms. The number of aromatic nitrogens is 3. The van der Waals surface area contributed by atoms with Crippen molar-refractivity contribution >= 4 is 16.7 Å². The maximum atomic E-state index is 13.0. The Labute approximate surface area is 163 Å². The molecule has 0 bridgehead atoms. The molecule has 0 unspecified atom stereocenters. The first-order chi connectivity index (χ1) is 13.6. The van der Waals surface area contributed by atoms with Crippen molar-refractivity contribution in [2.75, 3.05) is 0 Å². The van der Waals surface area contributed by atoms with Gasteiger partial charge in [0, 0.05) is 11.6 Å². The van der Waals surface area contributed by atoms with Crippen LogP contribution in [-0.2, 0) is 6.54 Å². The summed E-state index contributed by atoms with van der Waals surface area (Å²) in [5.74, 6) is -0.223. The van der Waals surface area contributed by atoms with Gasteiger partial charge in [0.25, 0.3) is 11.5 Å². The van der Waals surface area contributed by atoms with Gasteiger partial charge in [0.05, 0.1) is 17.6 Å². The molecule has 0 aliphatic heterocycles. The molecule has 0 saturated heterocycles. The number of hydrogen-bond donors (Lipinski definition) is 0. The number of rotatable bonds is 3. The molecule has 1 fully saturated rings. The van der Waals surface area contributed by atoms with Crippen LogP contribution in [0.15, 0.2) is 58.6 Å². The minimum atomic E-state index is -0.259. The summed E-state index contributed by atoms with van der Waals surface area (Å²) in [5.41, 5.74) is 1.45. The molecule has 4 rings (SSSR count). The van der Waals surface area contributed by atoms with E-state index in [4.69, 9.17) is 4.99 Å². The first-order valence-corrected chi connectivity index (χ1v) is 9.83. The van der Waals surface area contributed by atoms with Gasteiger partial charge in [-0.15, -0.1) is 0 Å². The van der Waals surface area contributed by atoms with Gasteiger partial charge >= 0.3 is 0 Å². The molecule has 3 aromatic rings. The van der Waals surface area contributed by atoms with Crippen molar-refractivity contribution in [3.63, 3.8) is 0 Å². The lowest BCUT2D eigenvalue weighted by Crippen LogP contribution is -2.35. The van der Waals surface area contributed by atoms with Crippen molar-refractivity contribution in [3.8, 4) is 0 Å². The summed E-state index contributed by atoms with van der Waals surface area (Å²) in [6, 6.07) is 11.3. The highest BCUT2D eigenvalue weighted by Crippen LogP contribution is 2.19. The van der Waals surface area contributed by atoms with Crippen LogP contribution in [0.3, 0.4) is 0 Å². The standard InChI is InChI=1S/C22H24N4O2/c1-16-11-12-25(20(13-16)24-18-8-3-2-4-9-18)21(27)15-26-22(28)19-10-6-5-7-17(19)14-23-26/h5-7,10-14,18H,2-4,8-9,15H2,1H3. The molecule has 1 saturated carbocycles. The van der Waals surface area contributed by atoms with E-state index in [9.17, 15) is 9.59 Å². The van der Waals surface area contributed by atoms with Gasteiger partial charge < -0.3 is 0 Å². The number of fused-ring (bicyclic) bond motifs is 1. The number of carbonyl (C=O) groups excluding carboxylic acids is 1. The molecule has 6 nitrogen and oxygen atoms in total. The number of hydrogen-bond acceptors (Lipinski definition) is 4. The quantitative estimate of drug-likeness (QED) is 0.705. The Morgan fingerprint density at radius 3 is 2.79 bits per heavy atom. The lowest BCUT2D eigenvalue weighted by Gasteiger charge is -2.18. The van der Waals surface area contributed by atoms with E-state index in [2.05, 4.69) is 5.10 Å². The minimum Gasteiger partial charge on any atom is -0.272 e. The summed E-state index contributed by atoms with van der Waals surface area (Å²) in [6.07, 6.45) is 9.12. The van der Waals surface area contributed by atoms with E-state index >= 15 is 0 Å². The molecule has 144 valence electrons. The molecule has 2 aromatic heterocycles. The van der Waals surface area contributed by atoms with Crippen LogP contribution in [0.1, 0.15) is 42.5 Å². The van der Waals surface area contributed by atoms with Crippen LogP contribution in [0, 0.1) is 6.92 Å². The van der Waals surface area contributed by atoms with E-state index in [1.54, 1.807) is 23.0 Å². The predicted molar refractivity (Wildman–Crippen MR) is 108 cm³/mol. The van der Waals surface area contributed by atoms with Gasteiger partial charge in [0.1, 0.15) is 12.0 Å². The molecule has 0 amide bonds. The zero-order chi connectivity index (χ0) is 19.5. The third-order valence-corrected chi connectivity index (χ3v) is 5.30. The number of carbonyl (C=O) groups is 1. The molecular formula is C22H24N4O2. The normalized spacial score (nSPS) is 15.8. The Hall–Kier alpha value is -3.02. The first-order valence-electron chi connectivity index (χ1n) is 9.83. The highest BCUT2D eigenvalue weighted by molar-refractivity contribution is 5.81. The van der Waals surface area contributed by atoms with E-state index in [0.717, 1.165) is 23.8 Å². The highest BCUT2D eigenvalue weighted by atomic mass is 16.2. The molecule has 0 atom stereocenters. The van der Waals surface area contributed by atoms with Crippen LogP contribution in [0.5, 0.6) is 0 Å². The molecule has 0 N–H and O–H groups in total. The van der Waals surface area contributed by atoms with E-state index in [1.807, 2.05) is 37.3 Å². The Balaban J connectivity index is 1.68. The van der Waals surface area contributed by atoms with E-state index in [-0.39, 0.29) is 24.1 Å². The third kappa shape index (κ3) is 3.81. The summed E-state index contributed by atoms with van der Waals surface area (Å²) in [7, 11) is 0. The molecule has 6 heteroatoms. The topological polar surface area (TPSA) is 69.2 Å². The van der Waals surface area contributed by atoms with Crippen LogP contribution in [0.25, 0.3) is 10.8 Å². The molecule has 0 radical (unpaired) electrons. The van der Waals surface area contributed by atoms with Crippen LogP contribution in [-0.4, -0.2) is 26.3 Å². The number of benzene rings is 1. The number of aryl methyl sites for hydroxylation is 1. The SMILES string of the molecule is Cc1ccn(C(=O)Cn2ncc3ccccc3c2=O)c(=NC2CCCCC2)c1. The van der Waals surface area contributed by atoms with Gasteiger partial charge in [0.2, 0.25) is 0 Å². The van der Waals surface area contributed by atoms with E-state index < -0.39 is 0 Å². The van der Waals surface area contributed by atoms with E-state index in [1.165, 1.54) is 23.9 Å². The van der Waals surface area contributed by atoms with Crippen molar-refractivity contribution in [2.24, 2.45) is 4.99 Å². The molecular weight excluding hydrogens is 352 g/mol. The van der Waals surface area contributed by atoms with Crippen LogP contribution < -0.4 is 11.0 Å². The van der Waals surface area contributed by atoms with Crippen LogP contribution in [0.2, 0.25) is 0 Å². The molecule has 1 aromatic carbocycles. The monoisotopic (exact) mass is 376 g/mol. The fourth-order valence-corrected chi connectivity index (χ4v) is 3.74. The largest absolute Gasteiger partial charge is 0.275 e. The second kappa shape index (κ2) is 7.92. The van der Waals surface area contributed by atoms with Crippen LogP contribution >= 0.6 is 0 Å². The van der Waals surface area contributed by atoms with Crippen molar-refractivity contribution in [1.82, 2.24) is 14.3 Å². The maximum absolute atomic E-state index is 13.0. The first kappa shape index (κ1) is 18.3. The van der Waals surface area contributed by atoms with Gasteiger partial charge in [-0.05, 0) is 43.5 Å². The van der Waals surface area contributed by atoms with E-state index in [0.29, 0.717) is 10.9 Å². The van der Waals surface area contributed by atoms with Crippen molar-refractivity contribution in [1.29, 1.82) is 0 Å². The van der Waals surface area contributed by atoms with Gasteiger partial charge in [0.15, 0.2) is 0 Å². The summed E-state index contributed by atoms with van der Waals surface area (Å²) in [4.78, 5) is 30.5. The van der Waals surface area contributed by atoms with Gasteiger partial charge in [-0.2, -0.15) is 5.10 Å². The highest BCUT2D eigenvalue weighted by Gasteiger charge is 2.14. The Morgan fingerprint density at radius 1 is 1.18 bits per heavy atom. The summed E-state index contributed by atoms with van der Waals surface area (Å²) in [5, 5.41) is 5.51. The maximum Gasteiger partial charge on any atom is 0.275 e. The average molecular weight is 376 g/mol. The fraction of sp³-hybridized carbons (Fsp3) is 0.364. The van der Waals surface area contributed by atoms with Crippen molar-refractivity contribution < 1.29 is 4.79 Å². The number of nitrogens with zero attached hydrogens (tertiary/aromatic N) is 4. The number of pyridine rings is 1. The average Bonchev–Trinajstić information content (AvgIpc) is 2.71. The van der Waals surface area contributed by atoms with Gasteiger partial charge in [-0.25, -0.2) is 4.68 Å². The fourth-order valence-electron chi connectivity index (χ4n) is 3.74. The molecule has 2 heterocycles. The minimum absolute atomic E-state index is 0.120. The van der Waals surface area contributed by atoms with Gasteiger partial charge in [-0.1, -0.05) is 37.5 Å². The van der Waals surface area contributed by atoms with Gasteiger partial charge in [-0.3, -0.25) is 19.1 Å². The second-order valence-electron chi connectivity index (χ2n) is 7.44. The molecule has 0 spiro atoms. The lowest BCUT2D eigenvalue weighted by atomic mass is 9.96. The summed E-state index contributed by atoms with van der Waals surface area (Å²) in [6.45, 7) is 1.87. The Bertz CT molecular complexity index is 1140. The Morgan fingerprint density at radius 2 is 1.96 bits per heavy atom. The predicted octanol–water partition coefficient (Wildman–Crippen LogP) is 3.08. The summed E-state index contributed by atoms with van der Waals surface area (Å²) < 4.78 is 2.77. The zero-order valence-electron chi connectivity index (χ0n) is 16.0. The van der Waals surface area contributed by atoms with Crippen molar-refractivity contribution in [3.05, 3.63) is 70.2 Å². The lowest BCUT2D eigenvalue weighted by molar-refractivity contribution is 0.0878. The zero-order valence-corrected chi connectivity index (χ0v) is 16.0.